The van der Waals surface area contributed by atoms with Crippen molar-refractivity contribution < 1.29 is 36.4 Å². The molecule has 2 aliphatic heterocycles. The van der Waals surface area contributed by atoms with Crippen LogP contribution in [-0.2, 0) is 22.9 Å². The van der Waals surface area contributed by atoms with Crippen molar-refractivity contribution in [2.75, 3.05) is 12.5 Å². The molecule has 64 heavy (non-hydrogen) atoms. The van der Waals surface area contributed by atoms with Gasteiger partial charge < -0.3 is 0 Å². The third kappa shape index (κ3) is 7.50. The van der Waals surface area contributed by atoms with E-state index in [4.69, 9.17) is 0 Å². The summed E-state index contributed by atoms with van der Waals surface area (Å²) in [6.45, 7) is -0.178. The Bertz CT molecular complexity index is 3330. The van der Waals surface area contributed by atoms with Crippen molar-refractivity contribution in [3.63, 3.8) is 0 Å². The molecule has 14 heteroatoms. The summed E-state index contributed by atoms with van der Waals surface area (Å²) in [5, 5.41) is 0.612. The Labute approximate surface area is 370 Å². The Morgan fingerprint density at radius 1 is 0.484 bits per heavy atom. The number of fused-ring (bicyclic) bond motifs is 4. The monoisotopic (exact) mass is 888 g/mol. The van der Waals surface area contributed by atoms with Gasteiger partial charge in [-0.1, -0.05) is 72.8 Å². The van der Waals surface area contributed by atoms with Gasteiger partial charge in [0.15, 0.2) is 9.84 Å². The van der Waals surface area contributed by atoms with E-state index in [2.05, 4.69) is 9.97 Å². The second kappa shape index (κ2) is 16.7. The number of benzene rings is 6. The van der Waals surface area contributed by atoms with E-state index >= 15 is 0 Å². The zero-order valence-corrected chi connectivity index (χ0v) is 35.7. The molecule has 2 aliphatic rings. The minimum absolute atomic E-state index is 0.0108. The smallest absolute Gasteiger partial charge is 0.261 e. The average molecular weight is 889 g/mol. The number of thioether (sulfide) groups is 1. The number of nitrogens with zero attached hydrogens (tertiary/aromatic N) is 4. The highest BCUT2D eigenvalue weighted by Gasteiger charge is 2.37. The number of rotatable bonds is 8. The summed E-state index contributed by atoms with van der Waals surface area (Å²) in [5.41, 5.74) is 5.30. The lowest BCUT2D eigenvalue weighted by Gasteiger charge is -2.18. The highest BCUT2D eigenvalue weighted by atomic mass is 32.2. The Kier molecular flexibility index (Phi) is 10.9. The molecule has 0 radical (unpaired) electrons. The Balaban J connectivity index is 0.000000162. The number of amides is 4. The fourth-order valence-electron chi connectivity index (χ4n) is 8.05. The quantitative estimate of drug-likeness (QED) is 0.108. The number of carbonyl (C=O) groups excluding carboxylic acids is 4. The Hall–Kier alpha value is -7.42. The maximum atomic E-state index is 14.6. The zero-order chi connectivity index (χ0) is 44.9. The van der Waals surface area contributed by atoms with Crippen molar-refractivity contribution in [2.45, 2.75) is 22.9 Å². The second-order valence-electron chi connectivity index (χ2n) is 15.0. The molecule has 0 bridgehead atoms. The third-order valence-electron chi connectivity index (χ3n) is 11.1. The second-order valence-corrected chi connectivity index (χ2v) is 17.9. The lowest BCUT2D eigenvalue weighted by atomic mass is 10.0. The molecule has 0 N–H and O–H groups in total. The summed E-state index contributed by atoms with van der Waals surface area (Å²) >= 11 is 1.57. The van der Waals surface area contributed by atoms with E-state index in [0.717, 1.165) is 21.6 Å². The van der Waals surface area contributed by atoms with E-state index in [9.17, 15) is 36.4 Å². The molecule has 8 aromatic rings. The summed E-state index contributed by atoms with van der Waals surface area (Å²) in [5.74, 6) is -2.47. The number of halogens is 2. The van der Waals surface area contributed by atoms with Crippen molar-refractivity contribution >= 4 is 67.0 Å². The van der Waals surface area contributed by atoms with Crippen LogP contribution in [0.4, 0.5) is 8.78 Å². The van der Waals surface area contributed by atoms with Crippen LogP contribution in [0.5, 0.6) is 0 Å². The highest BCUT2D eigenvalue weighted by molar-refractivity contribution is 7.98. The molecule has 0 saturated heterocycles. The predicted molar refractivity (Wildman–Crippen MR) is 240 cm³/mol. The molecule has 0 atom stereocenters. The molecule has 0 saturated carbocycles. The highest BCUT2D eigenvalue weighted by Crippen LogP contribution is 2.37. The molecule has 10 nitrogen and oxygen atoms in total. The predicted octanol–water partition coefficient (Wildman–Crippen LogP) is 9.80. The fourth-order valence-corrected chi connectivity index (χ4v) is 9.57. The van der Waals surface area contributed by atoms with Crippen LogP contribution in [0.3, 0.4) is 0 Å². The minimum atomic E-state index is -3.62. The van der Waals surface area contributed by atoms with Crippen molar-refractivity contribution in [2.24, 2.45) is 0 Å². The number of sulfone groups is 1. The fraction of sp³-hybridized carbons (Fsp3) is 0.0800. The van der Waals surface area contributed by atoms with Crippen LogP contribution in [0.25, 0.3) is 44.1 Å². The summed E-state index contributed by atoms with van der Waals surface area (Å²) < 4.78 is 54.0. The molecule has 4 amide bonds. The average Bonchev–Trinajstić information content (AvgIpc) is 3.69. The normalized spacial score (nSPS) is 13.4. The van der Waals surface area contributed by atoms with Crippen molar-refractivity contribution in [3.8, 4) is 22.3 Å². The SMILES string of the molecule is CS(=O)(=O)c1ccccc1-c1cc2c(F)cccc2nc1CN1C(=O)c2ccccc2C1=O.CSc1ccccc1-c1cc2c(F)cccc2nc1CN1C(=O)c2ccccc2C1=O. The molecule has 2 aromatic heterocycles. The van der Waals surface area contributed by atoms with Crippen LogP contribution in [-0.4, -0.2) is 64.3 Å². The van der Waals surface area contributed by atoms with E-state index < -0.39 is 27.5 Å². The number of aromatic nitrogens is 2. The van der Waals surface area contributed by atoms with Gasteiger partial charge in [0.2, 0.25) is 0 Å². The molecule has 4 heterocycles. The Morgan fingerprint density at radius 3 is 1.28 bits per heavy atom. The summed E-state index contributed by atoms with van der Waals surface area (Å²) in [4.78, 5) is 64.2. The van der Waals surface area contributed by atoms with Gasteiger partial charge in [0, 0.05) is 38.6 Å². The van der Waals surface area contributed by atoms with E-state index in [-0.39, 0.29) is 41.0 Å². The van der Waals surface area contributed by atoms with Gasteiger partial charge >= 0.3 is 0 Å². The molecule has 316 valence electrons. The van der Waals surface area contributed by atoms with Gasteiger partial charge in [-0.25, -0.2) is 17.2 Å². The van der Waals surface area contributed by atoms with Crippen LogP contribution in [0, 0.1) is 11.6 Å². The van der Waals surface area contributed by atoms with Gasteiger partial charge in [-0.2, -0.15) is 0 Å². The van der Waals surface area contributed by atoms with E-state index in [1.165, 1.54) is 35.2 Å². The van der Waals surface area contributed by atoms with Gasteiger partial charge in [-0.05, 0) is 84.6 Å². The summed E-state index contributed by atoms with van der Waals surface area (Å²) in [7, 11) is -3.62. The summed E-state index contributed by atoms with van der Waals surface area (Å²) in [6.07, 6.45) is 3.06. The van der Waals surface area contributed by atoms with Crippen molar-refractivity contribution in [3.05, 3.63) is 191 Å². The number of carbonyl (C=O) groups is 4. The Morgan fingerprint density at radius 2 is 0.859 bits per heavy atom. The lowest BCUT2D eigenvalue weighted by molar-refractivity contribution is 0.0626. The maximum Gasteiger partial charge on any atom is 0.261 e. The first kappa shape index (κ1) is 41.9. The van der Waals surface area contributed by atoms with E-state index in [0.29, 0.717) is 66.8 Å². The van der Waals surface area contributed by atoms with Gasteiger partial charge in [0.1, 0.15) is 11.6 Å². The van der Waals surface area contributed by atoms with Crippen LogP contribution >= 0.6 is 11.8 Å². The van der Waals surface area contributed by atoms with Crippen LogP contribution in [0.1, 0.15) is 52.8 Å². The maximum absolute atomic E-state index is 14.6. The van der Waals surface area contributed by atoms with Gasteiger partial charge in [0.25, 0.3) is 23.6 Å². The summed E-state index contributed by atoms with van der Waals surface area (Å²) in [6, 6.07) is 39.9. The van der Waals surface area contributed by atoms with Crippen molar-refractivity contribution in [1.82, 2.24) is 19.8 Å². The number of hydrogen-bond donors (Lipinski definition) is 0. The molecule has 0 aliphatic carbocycles. The van der Waals surface area contributed by atoms with Crippen LogP contribution in [0.15, 0.2) is 155 Å². The van der Waals surface area contributed by atoms with Gasteiger partial charge in [-0.15, -0.1) is 11.8 Å². The van der Waals surface area contributed by atoms with E-state index in [1.54, 1.807) is 103 Å². The number of imide groups is 2. The first-order chi connectivity index (χ1) is 30.8. The lowest BCUT2D eigenvalue weighted by Crippen LogP contribution is -2.29. The topological polar surface area (TPSA) is 135 Å². The van der Waals surface area contributed by atoms with Crippen LogP contribution in [0.2, 0.25) is 0 Å². The molecule has 10 rings (SSSR count). The van der Waals surface area contributed by atoms with E-state index in [1.807, 2.05) is 30.5 Å². The molecular formula is C50H34F2N4O6S2. The molecular weight excluding hydrogens is 855 g/mol. The van der Waals surface area contributed by atoms with Gasteiger partial charge in [-0.3, -0.25) is 38.9 Å². The first-order valence-corrected chi connectivity index (χ1v) is 22.9. The van der Waals surface area contributed by atoms with Gasteiger partial charge in [0.05, 0.1) is 62.7 Å². The standard InChI is InChI=1S/C25H17FN2O4S.C25H17FN2O2S/c1-33(31,32)23-12-5-4-7-15(23)18-13-19-20(26)10-6-11-21(19)27-22(18)14-28-24(29)16-8-2-3-9-17(16)25(28)30;1-31-23-12-5-4-7-15(23)18-13-19-20(26)10-6-11-21(19)27-22(18)14-28-24(29)16-8-2-3-9-17(16)25(28)30/h2-13H,14H2,1H3;2-13H,14H2,1H3. The molecule has 0 unspecified atom stereocenters. The first-order valence-electron chi connectivity index (χ1n) is 19.8. The zero-order valence-electron chi connectivity index (χ0n) is 34.1. The molecule has 0 spiro atoms. The molecule has 0 fully saturated rings. The number of hydrogen-bond acceptors (Lipinski definition) is 9. The minimum Gasteiger partial charge on any atom is -0.269 e. The molecule has 6 aromatic carbocycles. The van der Waals surface area contributed by atoms with Crippen molar-refractivity contribution in [1.29, 1.82) is 0 Å². The number of pyridine rings is 2. The largest absolute Gasteiger partial charge is 0.269 e. The van der Waals surface area contributed by atoms with Crippen LogP contribution < -0.4 is 0 Å². The third-order valence-corrected chi connectivity index (χ3v) is 13.1.